The summed E-state index contributed by atoms with van der Waals surface area (Å²) in [5.41, 5.74) is 6.92. The molecule has 198 valence electrons. The van der Waals surface area contributed by atoms with E-state index in [0.29, 0.717) is 0 Å². The van der Waals surface area contributed by atoms with E-state index >= 15 is 0 Å². The molecule has 39 heavy (non-hydrogen) atoms. The predicted molar refractivity (Wildman–Crippen MR) is 146 cm³/mol. The summed E-state index contributed by atoms with van der Waals surface area (Å²) in [6, 6.07) is 34.7. The minimum absolute atomic E-state index is 0. The molecule has 0 aromatic heterocycles. The molecule has 0 N–H and O–H groups in total. The summed E-state index contributed by atoms with van der Waals surface area (Å²) in [4.78, 5) is 12.9. The minimum atomic E-state index is -0.220. The van der Waals surface area contributed by atoms with Gasteiger partial charge < -0.3 is 26.6 Å². The third-order valence-electron chi connectivity index (χ3n) is 7.25. The number of benzene rings is 4. The van der Waals surface area contributed by atoms with Crippen LogP contribution >= 0.6 is 0 Å². The highest BCUT2D eigenvalue weighted by atomic mass is 35.5. The van der Waals surface area contributed by atoms with E-state index in [1.54, 1.807) is 0 Å². The maximum absolute atomic E-state index is 12.9. The molecule has 0 radical (unpaired) electrons. The van der Waals surface area contributed by atoms with Crippen LogP contribution < -0.4 is 21.9 Å². The van der Waals surface area contributed by atoms with E-state index in [9.17, 15) is 4.79 Å². The van der Waals surface area contributed by atoms with E-state index in [2.05, 4.69) is 53.1 Å². The van der Waals surface area contributed by atoms with Crippen LogP contribution in [0.25, 0.3) is 0 Å². The van der Waals surface area contributed by atoms with Gasteiger partial charge in [0.15, 0.2) is 23.8 Å². The molecule has 0 saturated heterocycles. The first-order valence-electron chi connectivity index (χ1n) is 13.1. The lowest BCUT2D eigenvalue weighted by molar-refractivity contribution is -0.576. The van der Waals surface area contributed by atoms with Crippen LogP contribution in [0.15, 0.2) is 103 Å². The Hall–Kier alpha value is -4.09. The predicted octanol–water partition coefficient (Wildman–Crippen LogP) is 2.55. The largest absolute Gasteiger partial charge is 1.00 e. The number of hydrogen-bond acceptors (Lipinski definition) is 4. The molecule has 0 saturated carbocycles. The molecule has 4 aromatic rings. The van der Waals surface area contributed by atoms with Crippen molar-refractivity contribution in [2.45, 2.75) is 25.3 Å². The Morgan fingerprint density at radius 2 is 1.44 bits per heavy atom. The summed E-state index contributed by atoms with van der Waals surface area (Å²) in [7, 11) is 0. The van der Waals surface area contributed by atoms with Gasteiger partial charge in [0.2, 0.25) is 12.8 Å². The molecule has 5 nitrogen and oxygen atoms in total. The van der Waals surface area contributed by atoms with Gasteiger partial charge in [0.05, 0.1) is 12.8 Å². The van der Waals surface area contributed by atoms with Crippen molar-refractivity contribution in [1.29, 1.82) is 0 Å². The molecule has 2 aliphatic rings. The van der Waals surface area contributed by atoms with Crippen molar-refractivity contribution >= 4 is 11.7 Å². The van der Waals surface area contributed by atoms with E-state index in [1.807, 2.05) is 54.6 Å². The smallest absolute Gasteiger partial charge is 0.310 e. The lowest BCUT2D eigenvalue weighted by Crippen LogP contribution is -3.00. The van der Waals surface area contributed by atoms with Crippen LogP contribution in [0.4, 0.5) is 0 Å². The molecule has 0 amide bonds. The third-order valence-corrected chi connectivity index (χ3v) is 7.25. The summed E-state index contributed by atoms with van der Waals surface area (Å²) in [5.74, 6) is 1.37. The highest BCUT2D eigenvalue weighted by molar-refractivity contribution is 6.01. The van der Waals surface area contributed by atoms with Gasteiger partial charge in [-0.15, -0.1) is 0 Å². The zero-order valence-electron chi connectivity index (χ0n) is 21.6. The van der Waals surface area contributed by atoms with Gasteiger partial charge in [-0.25, -0.2) is 4.58 Å². The lowest BCUT2D eigenvalue weighted by atomic mass is 9.90. The van der Waals surface area contributed by atoms with Crippen molar-refractivity contribution in [3.05, 3.63) is 131 Å². The minimum Gasteiger partial charge on any atom is -1.00 e. The Morgan fingerprint density at radius 3 is 2.13 bits per heavy atom. The van der Waals surface area contributed by atoms with Gasteiger partial charge in [-0.1, -0.05) is 91.0 Å². The molecule has 0 bridgehead atoms. The van der Waals surface area contributed by atoms with E-state index in [0.717, 1.165) is 42.0 Å². The van der Waals surface area contributed by atoms with Crippen molar-refractivity contribution in [2.24, 2.45) is 0 Å². The molecule has 6 heteroatoms. The monoisotopic (exact) mass is 539 g/mol. The lowest BCUT2D eigenvalue weighted by Gasteiger charge is -2.25. The fourth-order valence-corrected chi connectivity index (χ4v) is 5.35. The summed E-state index contributed by atoms with van der Waals surface area (Å²) in [6.07, 6.45) is 1.88. The average Bonchev–Trinajstić information content (AvgIpc) is 3.42. The van der Waals surface area contributed by atoms with E-state index < -0.39 is 0 Å². The van der Waals surface area contributed by atoms with E-state index in [-0.39, 0.29) is 44.2 Å². The van der Waals surface area contributed by atoms with Crippen molar-refractivity contribution in [3.8, 4) is 11.5 Å². The molecular formula is C33H30ClNO4. The van der Waals surface area contributed by atoms with Gasteiger partial charge >= 0.3 is 5.97 Å². The molecule has 4 aromatic carbocycles. The Kier molecular flexibility index (Phi) is 8.28. The van der Waals surface area contributed by atoms with Crippen molar-refractivity contribution in [2.75, 3.05) is 19.9 Å². The SMILES string of the molecule is O=C(Cc1ccccc1)OC[C@@H](c1ccccc1)[N+]1=C(Cc2ccccc2)c2cc3c(cc2CC1)OCO3.[Cl-]. The molecule has 6 rings (SSSR count). The number of ether oxygens (including phenoxy) is 3. The molecule has 1 atom stereocenters. The first-order valence-corrected chi connectivity index (χ1v) is 13.1. The number of nitrogens with zero attached hydrogens (tertiary/aromatic N) is 1. The van der Waals surface area contributed by atoms with Gasteiger partial charge in [-0.2, -0.15) is 0 Å². The summed E-state index contributed by atoms with van der Waals surface area (Å²) in [6.45, 7) is 1.33. The van der Waals surface area contributed by atoms with E-state index in [1.165, 1.54) is 22.4 Å². The standard InChI is InChI=1S/C33H30NO4.ClH/c35-33(19-25-12-6-2-7-13-25)36-22-30(26-14-8-3-9-15-26)34-17-16-27-20-31-32(38-23-37-31)21-28(27)29(34)18-24-10-4-1-5-11-24;/h1-15,20-21,30H,16-19,22-23H2;1H/q+1;/p-1/t30-;/m0./s1. The Balaban J connectivity index is 0.00000308. The topological polar surface area (TPSA) is 47.8 Å². The fourth-order valence-electron chi connectivity index (χ4n) is 5.35. The zero-order chi connectivity index (χ0) is 25.7. The number of hydrogen-bond donors (Lipinski definition) is 0. The second-order valence-corrected chi connectivity index (χ2v) is 9.69. The summed E-state index contributed by atoms with van der Waals surface area (Å²) < 4.78 is 19.8. The highest BCUT2D eigenvalue weighted by Crippen LogP contribution is 2.37. The van der Waals surface area contributed by atoms with Gasteiger partial charge in [-0.05, 0) is 28.8 Å². The molecule has 0 aliphatic carbocycles. The highest BCUT2D eigenvalue weighted by Gasteiger charge is 2.35. The number of halogens is 1. The summed E-state index contributed by atoms with van der Waals surface area (Å²) >= 11 is 0. The van der Waals surface area contributed by atoms with Crippen LogP contribution in [0, 0.1) is 0 Å². The molecule has 0 unspecified atom stereocenters. The van der Waals surface area contributed by atoms with Crippen molar-refractivity contribution < 1.29 is 36.0 Å². The molecular weight excluding hydrogens is 510 g/mol. The van der Waals surface area contributed by atoms with Gasteiger partial charge in [0, 0.05) is 17.5 Å². The second-order valence-electron chi connectivity index (χ2n) is 9.69. The number of carbonyl (C=O) groups is 1. The van der Waals surface area contributed by atoms with E-state index in [4.69, 9.17) is 14.2 Å². The quantitative estimate of drug-likeness (QED) is 0.255. The van der Waals surface area contributed by atoms with Crippen LogP contribution in [0.2, 0.25) is 0 Å². The maximum Gasteiger partial charge on any atom is 0.310 e. The van der Waals surface area contributed by atoms with Crippen LogP contribution in [0.3, 0.4) is 0 Å². The normalized spacial score (nSPS) is 14.3. The zero-order valence-corrected chi connectivity index (χ0v) is 22.3. The first-order chi connectivity index (χ1) is 18.7. The summed E-state index contributed by atoms with van der Waals surface area (Å²) in [5, 5.41) is 0. The van der Waals surface area contributed by atoms with Crippen molar-refractivity contribution in [1.82, 2.24) is 0 Å². The average molecular weight is 540 g/mol. The second kappa shape index (κ2) is 12.2. The van der Waals surface area contributed by atoms with Gasteiger partial charge in [0.1, 0.15) is 6.54 Å². The molecule has 2 aliphatic heterocycles. The van der Waals surface area contributed by atoms with Crippen LogP contribution in [-0.4, -0.2) is 36.2 Å². The Labute approximate surface area is 235 Å². The van der Waals surface area contributed by atoms with Crippen molar-refractivity contribution in [3.63, 3.8) is 0 Å². The maximum atomic E-state index is 12.9. The first kappa shape index (κ1) is 26.5. The molecule has 0 fully saturated rings. The Morgan fingerprint density at radius 1 is 0.821 bits per heavy atom. The molecule has 2 heterocycles. The fraction of sp³-hybridized carbons (Fsp3) is 0.212. The number of rotatable bonds is 8. The van der Waals surface area contributed by atoms with Crippen LogP contribution in [-0.2, 0) is 28.8 Å². The number of fused-ring (bicyclic) bond motifs is 2. The van der Waals surface area contributed by atoms with Crippen LogP contribution in [0.5, 0.6) is 11.5 Å². The van der Waals surface area contributed by atoms with Gasteiger partial charge in [0.25, 0.3) is 0 Å². The third kappa shape index (κ3) is 5.99. The molecule has 0 spiro atoms. The van der Waals surface area contributed by atoms with Gasteiger partial charge in [-0.3, -0.25) is 4.79 Å². The van der Waals surface area contributed by atoms with Crippen LogP contribution in [0.1, 0.15) is 33.9 Å². The number of carbonyl (C=O) groups excluding carboxylic acids is 1. The number of esters is 1. The Bertz CT molecular complexity index is 1460.